The van der Waals surface area contributed by atoms with Crippen LogP contribution >= 0.6 is 0 Å². The van der Waals surface area contributed by atoms with Crippen molar-refractivity contribution in [3.8, 4) is 0 Å². The van der Waals surface area contributed by atoms with Crippen molar-refractivity contribution in [3.05, 3.63) is 70.8 Å². The quantitative estimate of drug-likeness (QED) is 0.459. The molecule has 5 rings (SSSR count). The Morgan fingerprint density at radius 1 is 0.950 bits per heavy atom. The van der Waals surface area contributed by atoms with Crippen molar-refractivity contribution in [2.75, 3.05) is 75.8 Å². The molecule has 2 aliphatic rings. The summed E-state index contributed by atoms with van der Waals surface area (Å²) in [6.45, 7) is 14.6. The Hall–Kier alpha value is -3.63. The van der Waals surface area contributed by atoms with Gasteiger partial charge in [0.05, 0.1) is 18.1 Å². The summed E-state index contributed by atoms with van der Waals surface area (Å²) in [6, 6.07) is 10.6. The average molecular weight is 544 g/mol. The molecule has 2 aromatic heterocycles. The van der Waals surface area contributed by atoms with Crippen molar-refractivity contribution in [2.45, 2.75) is 33.2 Å². The van der Waals surface area contributed by atoms with Gasteiger partial charge < -0.3 is 20.0 Å². The SMILES string of the molecule is Cc1c(Cc2ccccc2)nnc(N2CCN(c3cnc(C(=O)NCCN4CCN(C)CC4)cn3)[C@H](C)C2)c1C. The highest BCUT2D eigenvalue weighted by atomic mass is 16.1. The minimum atomic E-state index is -0.175. The van der Waals surface area contributed by atoms with E-state index in [1.807, 2.05) is 6.07 Å². The monoisotopic (exact) mass is 543 g/mol. The second-order valence-corrected chi connectivity index (χ2v) is 11.0. The largest absolute Gasteiger partial charge is 0.351 e. The number of aromatic nitrogens is 4. The van der Waals surface area contributed by atoms with Gasteiger partial charge in [-0.3, -0.25) is 9.69 Å². The van der Waals surface area contributed by atoms with Gasteiger partial charge in [-0.15, -0.1) is 5.10 Å². The molecule has 2 saturated heterocycles. The molecule has 0 unspecified atom stereocenters. The van der Waals surface area contributed by atoms with Crippen LogP contribution in [0.25, 0.3) is 0 Å². The van der Waals surface area contributed by atoms with Crippen LogP contribution in [0.1, 0.15) is 39.8 Å². The van der Waals surface area contributed by atoms with Crippen LogP contribution in [0.5, 0.6) is 0 Å². The number of amides is 1. The van der Waals surface area contributed by atoms with Crippen LogP contribution in [-0.2, 0) is 6.42 Å². The number of likely N-dealkylation sites (N-methyl/N-ethyl adjacent to an activating group) is 1. The van der Waals surface area contributed by atoms with Gasteiger partial charge >= 0.3 is 0 Å². The standard InChI is InChI=1S/C30H41N9O/c1-22-21-38(29-24(3)23(2)26(34-35-29)18-25-8-6-5-7-9-25)16-17-39(22)28-20-32-27(19-33-28)30(40)31-10-11-37-14-12-36(4)13-15-37/h5-9,19-20,22H,10-18,21H2,1-4H3,(H,31,40)/t22-/m1/s1. The summed E-state index contributed by atoms with van der Waals surface area (Å²) < 4.78 is 0. The predicted octanol–water partition coefficient (Wildman–Crippen LogP) is 2.17. The van der Waals surface area contributed by atoms with E-state index in [1.54, 1.807) is 12.4 Å². The number of nitrogens with one attached hydrogen (secondary N) is 1. The zero-order valence-corrected chi connectivity index (χ0v) is 24.2. The lowest BCUT2D eigenvalue weighted by Crippen LogP contribution is -2.53. The van der Waals surface area contributed by atoms with Crippen molar-refractivity contribution < 1.29 is 4.79 Å². The summed E-state index contributed by atoms with van der Waals surface area (Å²) in [5.74, 6) is 1.57. The third kappa shape index (κ3) is 6.56. The highest BCUT2D eigenvalue weighted by molar-refractivity contribution is 5.92. The summed E-state index contributed by atoms with van der Waals surface area (Å²) in [6.07, 6.45) is 4.09. The molecule has 0 radical (unpaired) electrons. The van der Waals surface area contributed by atoms with Crippen molar-refractivity contribution in [3.63, 3.8) is 0 Å². The molecular weight excluding hydrogens is 502 g/mol. The number of hydrogen-bond donors (Lipinski definition) is 1. The van der Waals surface area contributed by atoms with Crippen LogP contribution < -0.4 is 15.1 Å². The molecule has 4 heterocycles. The maximum atomic E-state index is 12.6. The molecule has 0 aliphatic carbocycles. The minimum Gasteiger partial charge on any atom is -0.351 e. The van der Waals surface area contributed by atoms with Gasteiger partial charge in [0.25, 0.3) is 5.91 Å². The summed E-state index contributed by atoms with van der Waals surface area (Å²) >= 11 is 0. The second kappa shape index (κ2) is 12.7. The first kappa shape index (κ1) is 27.9. The number of carbonyl (C=O) groups is 1. The fourth-order valence-corrected chi connectivity index (χ4v) is 5.47. The van der Waals surface area contributed by atoms with Crippen LogP contribution in [0, 0.1) is 13.8 Å². The topological polar surface area (TPSA) is 93.6 Å². The maximum absolute atomic E-state index is 12.6. The van der Waals surface area contributed by atoms with Crippen LogP contribution in [-0.4, -0.2) is 108 Å². The first-order valence-electron chi connectivity index (χ1n) is 14.3. The fraction of sp³-hybridized carbons (Fsp3) is 0.500. The van der Waals surface area contributed by atoms with E-state index in [2.05, 4.69) is 97.2 Å². The molecule has 10 heteroatoms. The van der Waals surface area contributed by atoms with Gasteiger partial charge in [-0.1, -0.05) is 30.3 Å². The summed E-state index contributed by atoms with van der Waals surface area (Å²) in [4.78, 5) is 30.9. The fourth-order valence-electron chi connectivity index (χ4n) is 5.47. The van der Waals surface area contributed by atoms with Gasteiger partial charge in [0, 0.05) is 71.4 Å². The number of hydrogen-bond acceptors (Lipinski definition) is 9. The van der Waals surface area contributed by atoms with Crippen LogP contribution in [0.2, 0.25) is 0 Å². The van der Waals surface area contributed by atoms with Crippen LogP contribution in [0.4, 0.5) is 11.6 Å². The second-order valence-electron chi connectivity index (χ2n) is 11.0. The Morgan fingerprint density at radius 2 is 1.73 bits per heavy atom. The zero-order valence-electron chi connectivity index (χ0n) is 24.2. The average Bonchev–Trinajstić information content (AvgIpc) is 2.97. The molecule has 1 aromatic carbocycles. The maximum Gasteiger partial charge on any atom is 0.271 e. The van der Waals surface area contributed by atoms with Crippen molar-refractivity contribution in [2.24, 2.45) is 0 Å². The molecule has 212 valence electrons. The van der Waals surface area contributed by atoms with E-state index in [9.17, 15) is 4.79 Å². The molecule has 2 aliphatic heterocycles. The predicted molar refractivity (Wildman–Crippen MR) is 158 cm³/mol. The smallest absolute Gasteiger partial charge is 0.271 e. The van der Waals surface area contributed by atoms with E-state index < -0.39 is 0 Å². The van der Waals surface area contributed by atoms with Crippen LogP contribution in [0.15, 0.2) is 42.7 Å². The summed E-state index contributed by atoms with van der Waals surface area (Å²) in [5.41, 5.74) is 5.00. The molecule has 0 bridgehead atoms. The Labute approximate surface area is 237 Å². The van der Waals surface area contributed by atoms with Gasteiger partial charge in [-0.25, -0.2) is 9.97 Å². The van der Waals surface area contributed by atoms with Crippen molar-refractivity contribution in [1.82, 2.24) is 35.3 Å². The Balaban J connectivity index is 1.15. The van der Waals surface area contributed by atoms with Gasteiger partial charge in [-0.2, -0.15) is 5.10 Å². The Kier molecular flexibility index (Phi) is 8.86. The molecule has 2 fully saturated rings. The lowest BCUT2D eigenvalue weighted by Gasteiger charge is -2.41. The first-order chi connectivity index (χ1) is 19.4. The lowest BCUT2D eigenvalue weighted by molar-refractivity contribution is 0.0935. The summed E-state index contributed by atoms with van der Waals surface area (Å²) in [5, 5.41) is 12.3. The molecule has 0 saturated carbocycles. The van der Waals surface area contributed by atoms with E-state index in [0.717, 1.165) is 76.1 Å². The van der Waals surface area contributed by atoms with E-state index in [4.69, 9.17) is 0 Å². The molecular formula is C30H41N9O. The number of benzene rings is 1. The van der Waals surface area contributed by atoms with Crippen LogP contribution in [0.3, 0.4) is 0 Å². The Morgan fingerprint density at radius 3 is 2.42 bits per heavy atom. The van der Waals surface area contributed by atoms with Crippen molar-refractivity contribution in [1.29, 1.82) is 0 Å². The van der Waals surface area contributed by atoms with E-state index >= 15 is 0 Å². The third-order valence-electron chi connectivity index (χ3n) is 8.21. The zero-order chi connectivity index (χ0) is 28.1. The highest BCUT2D eigenvalue weighted by Crippen LogP contribution is 2.26. The summed E-state index contributed by atoms with van der Waals surface area (Å²) in [7, 11) is 2.14. The van der Waals surface area contributed by atoms with Gasteiger partial charge in [-0.05, 0) is 44.5 Å². The van der Waals surface area contributed by atoms with E-state index in [1.165, 1.54) is 16.7 Å². The minimum absolute atomic E-state index is 0.175. The van der Waals surface area contributed by atoms with Gasteiger partial charge in [0.15, 0.2) is 5.82 Å². The normalized spacial score (nSPS) is 18.6. The number of piperazine rings is 2. The molecule has 1 N–H and O–H groups in total. The van der Waals surface area contributed by atoms with Gasteiger partial charge in [0.2, 0.25) is 0 Å². The third-order valence-corrected chi connectivity index (χ3v) is 8.21. The van der Waals surface area contributed by atoms with Crippen molar-refractivity contribution >= 4 is 17.5 Å². The van der Waals surface area contributed by atoms with E-state index in [-0.39, 0.29) is 11.9 Å². The highest BCUT2D eigenvalue weighted by Gasteiger charge is 2.28. The number of rotatable bonds is 8. The van der Waals surface area contributed by atoms with Gasteiger partial charge in [0.1, 0.15) is 11.5 Å². The Bertz CT molecular complexity index is 1280. The number of anilines is 2. The first-order valence-corrected chi connectivity index (χ1v) is 14.3. The lowest BCUT2D eigenvalue weighted by atomic mass is 10.0. The molecule has 0 spiro atoms. The molecule has 3 aromatic rings. The number of nitrogens with zero attached hydrogens (tertiary/aromatic N) is 8. The molecule has 40 heavy (non-hydrogen) atoms. The molecule has 1 amide bonds. The molecule has 10 nitrogen and oxygen atoms in total. The number of carbonyl (C=O) groups excluding carboxylic acids is 1. The van der Waals surface area contributed by atoms with E-state index in [0.29, 0.717) is 12.2 Å². The molecule has 1 atom stereocenters.